The van der Waals surface area contributed by atoms with Crippen LogP contribution < -0.4 is 0 Å². The zero-order valence-corrected chi connectivity index (χ0v) is 10.7. The molecule has 0 aromatic carbocycles. The summed E-state index contributed by atoms with van der Waals surface area (Å²) in [5, 5.41) is 13.5. The van der Waals surface area contributed by atoms with Crippen molar-refractivity contribution in [2.24, 2.45) is 56.8 Å². The molecular weight excluding hydrogens is 238 g/mol. The third kappa shape index (κ3) is 0.906. The van der Waals surface area contributed by atoms with Crippen LogP contribution in [0.3, 0.4) is 0 Å². The van der Waals surface area contributed by atoms with Gasteiger partial charge < -0.3 is 4.84 Å². The van der Waals surface area contributed by atoms with Gasteiger partial charge in [0.1, 0.15) is 6.10 Å². The van der Waals surface area contributed by atoms with Gasteiger partial charge in [-0.3, -0.25) is 0 Å². The van der Waals surface area contributed by atoms with Gasteiger partial charge in [-0.25, -0.2) is 0 Å². The second-order valence-electron chi connectivity index (χ2n) is 7.24. The lowest BCUT2D eigenvalue weighted by Crippen LogP contribution is -2.57. The van der Waals surface area contributed by atoms with Crippen LogP contribution in [0.4, 0.5) is 0 Å². The number of oxime groups is 1. The summed E-state index contributed by atoms with van der Waals surface area (Å²) in [4.78, 5) is 5.66. The van der Waals surface area contributed by atoms with Gasteiger partial charge in [-0.05, 0) is 36.5 Å². The summed E-state index contributed by atoms with van der Waals surface area (Å²) in [6.45, 7) is 0. The van der Waals surface area contributed by atoms with E-state index >= 15 is 0 Å². The Morgan fingerprint density at radius 3 is 2.84 bits per heavy atom. The first kappa shape index (κ1) is 9.67. The van der Waals surface area contributed by atoms with Crippen molar-refractivity contribution in [1.29, 1.82) is 0 Å². The zero-order chi connectivity index (χ0) is 12.1. The van der Waals surface area contributed by atoms with Gasteiger partial charge in [0.2, 0.25) is 0 Å². The first-order chi connectivity index (χ1) is 9.43. The van der Waals surface area contributed by atoms with E-state index in [1.165, 1.54) is 12.8 Å². The quantitative estimate of drug-likeness (QED) is 0.612. The van der Waals surface area contributed by atoms with Crippen LogP contribution in [0.25, 0.3) is 0 Å². The molecular formula is C15H17N3O. The Hall–Kier alpha value is -1.19. The van der Waals surface area contributed by atoms with E-state index in [-0.39, 0.29) is 0 Å². The number of fused-ring (bicyclic) bond motifs is 5. The van der Waals surface area contributed by atoms with Crippen molar-refractivity contribution in [3.05, 3.63) is 12.2 Å². The van der Waals surface area contributed by atoms with Gasteiger partial charge in [0.15, 0.2) is 0 Å². The van der Waals surface area contributed by atoms with E-state index in [0.717, 1.165) is 23.7 Å². The first-order valence-corrected chi connectivity index (χ1v) is 7.69. The van der Waals surface area contributed by atoms with Crippen molar-refractivity contribution >= 4 is 6.21 Å². The summed E-state index contributed by atoms with van der Waals surface area (Å²) < 4.78 is 0. The lowest BCUT2D eigenvalue weighted by molar-refractivity contribution is -0.0612. The monoisotopic (exact) mass is 255 g/mol. The lowest BCUT2D eigenvalue weighted by atomic mass is 9.56. The second kappa shape index (κ2) is 2.94. The molecule has 0 N–H and O–H groups in total. The molecule has 4 aliphatic carbocycles. The number of rotatable bonds is 0. The van der Waals surface area contributed by atoms with Gasteiger partial charge in [0.25, 0.3) is 0 Å². The molecule has 3 fully saturated rings. The molecule has 4 heteroatoms. The molecule has 0 saturated heterocycles. The molecule has 4 bridgehead atoms. The predicted octanol–water partition coefficient (Wildman–Crippen LogP) is 2.28. The molecule has 0 spiro atoms. The minimum Gasteiger partial charge on any atom is -0.392 e. The fourth-order valence-electron chi connectivity index (χ4n) is 6.42. The highest BCUT2D eigenvalue weighted by Gasteiger charge is 2.69. The molecule has 19 heavy (non-hydrogen) atoms. The number of nitrogens with zero attached hydrogens (tertiary/aromatic N) is 3. The molecule has 7 rings (SSSR count). The smallest absolute Gasteiger partial charge is 0.138 e. The summed E-state index contributed by atoms with van der Waals surface area (Å²) in [6, 6.07) is 0.929. The molecule has 0 amide bonds. The maximum atomic E-state index is 5.66. The van der Waals surface area contributed by atoms with Crippen LogP contribution in [0.1, 0.15) is 12.8 Å². The van der Waals surface area contributed by atoms with Gasteiger partial charge in [0.05, 0.1) is 18.3 Å². The van der Waals surface area contributed by atoms with Gasteiger partial charge in [-0.15, -0.1) is 0 Å². The van der Waals surface area contributed by atoms with Gasteiger partial charge in [-0.1, -0.05) is 17.3 Å². The molecule has 3 heterocycles. The molecule has 3 aliphatic heterocycles. The normalized spacial score (nSPS) is 65.3. The zero-order valence-electron chi connectivity index (χ0n) is 10.7. The van der Waals surface area contributed by atoms with Gasteiger partial charge in [0, 0.05) is 17.8 Å². The summed E-state index contributed by atoms with van der Waals surface area (Å²) in [7, 11) is 0. The van der Waals surface area contributed by atoms with Crippen LogP contribution in [0.5, 0.6) is 0 Å². The SMILES string of the molecule is C1=C[C@@H]2[C@H](C1)[C@@H]1N=N[C@H]2[C@H]2[C@@H]3C[C@@H]([C@H]4C=NO[C@H]43)[C@@H]12. The average Bonchev–Trinajstić information content (AvgIpc) is 3.20. The van der Waals surface area contributed by atoms with Crippen LogP contribution in [-0.2, 0) is 4.84 Å². The van der Waals surface area contributed by atoms with Crippen LogP contribution in [-0.4, -0.2) is 24.4 Å². The second-order valence-corrected chi connectivity index (χ2v) is 7.24. The standard InChI is InChI=1S/C15H17N3O/c1-2-6-7(3-1)14-12-9-4-8(10-5-16-19-15(9)10)11(12)13(6)17-18-14/h1,3,5-15H,2,4H2/t6-,7+,8-,9-,10+,11+,12-,13-,14+,15-/m0/s1. The summed E-state index contributed by atoms with van der Waals surface area (Å²) in [6.07, 6.45) is 9.79. The molecule has 0 aromatic heterocycles. The maximum Gasteiger partial charge on any atom is 0.138 e. The highest BCUT2D eigenvalue weighted by molar-refractivity contribution is 5.64. The van der Waals surface area contributed by atoms with Crippen molar-refractivity contribution in [2.75, 3.05) is 0 Å². The highest BCUT2D eigenvalue weighted by Crippen LogP contribution is 2.66. The third-order valence-corrected chi connectivity index (χ3v) is 6.90. The minimum absolute atomic E-state index is 0.365. The van der Waals surface area contributed by atoms with Crippen molar-refractivity contribution < 1.29 is 4.84 Å². The Labute approximate surface area is 112 Å². The van der Waals surface area contributed by atoms with E-state index in [0.29, 0.717) is 35.9 Å². The van der Waals surface area contributed by atoms with Crippen LogP contribution in [0.15, 0.2) is 27.5 Å². The Balaban J connectivity index is 1.49. The van der Waals surface area contributed by atoms with Gasteiger partial charge in [-0.2, -0.15) is 10.2 Å². The van der Waals surface area contributed by atoms with Crippen LogP contribution >= 0.6 is 0 Å². The molecule has 7 aliphatic rings. The predicted molar refractivity (Wildman–Crippen MR) is 68.6 cm³/mol. The third-order valence-electron chi connectivity index (χ3n) is 6.90. The largest absolute Gasteiger partial charge is 0.392 e. The number of hydrogen-bond donors (Lipinski definition) is 0. The Bertz CT molecular complexity index is 542. The average molecular weight is 255 g/mol. The summed E-state index contributed by atoms with van der Waals surface area (Å²) in [5.41, 5.74) is 0. The lowest BCUT2D eigenvalue weighted by Gasteiger charge is -2.52. The Kier molecular flexibility index (Phi) is 1.50. The van der Waals surface area contributed by atoms with Crippen molar-refractivity contribution in [3.8, 4) is 0 Å². The topological polar surface area (TPSA) is 46.3 Å². The molecule has 98 valence electrons. The van der Waals surface area contributed by atoms with E-state index in [4.69, 9.17) is 15.1 Å². The molecule has 3 saturated carbocycles. The van der Waals surface area contributed by atoms with E-state index in [2.05, 4.69) is 23.5 Å². The molecule has 0 radical (unpaired) electrons. The number of hydrogen-bond acceptors (Lipinski definition) is 4. The highest BCUT2D eigenvalue weighted by atomic mass is 16.6. The maximum absolute atomic E-state index is 5.66. The van der Waals surface area contributed by atoms with E-state index in [1.807, 2.05) is 0 Å². The Morgan fingerprint density at radius 2 is 1.84 bits per heavy atom. The molecule has 0 unspecified atom stereocenters. The van der Waals surface area contributed by atoms with Gasteiger partial charge >= 0.3 is 0 Å². The fourth-order valence-corrected chi connectivity index (χ4v) is 6.42. The Morgan fingerprint density at radius 1 is 0.947 bits per heavy atom. The fraction of sp³-hybridized carbons (Fsp3) is 0.800. The molecule has 4 nitrogen and oxygen atoms in total. The van der Waals surface area contributed by atoms with E-state index in [9.17, 15) is 0 Å². The van der Waals surface area contributed by atoms with E-state index in [1.54, 1.807) is 0 Å². The van der Waals surface area contributed by atoms with Crippen LogP contribution in [0, 0.1) is 41.4 Å². The minimum atomic E-state index is 0.365. The van der Waals surface area contributed by atoms with Crippen molar-refractivity contribution in [1.82, 2.24) is 0 Å². The van der Waals surface area contributed by atoms with Crippen molar-refractivity contribution in [3.63, 3.8) is 0 Å². The summed E-state index contributed by atoms with van der Waals surface area (Å²) in [5.74, 6) is 4.93. The first-order valence-electron chi connectivity index (χ1n) is 7.69. The summed E-state index contributed by atoms with van der Waals surface area (Å²) >= 11 is 0. The number of azo groups is 1. The number of allylic oxidation sites excluding steroid dienone is 1. The van der Waals surface area contributed by atoms with Crippen LogP contribution in [0.2, 0.25) is 0 Å². The molecule has 10 atom stereocenters. The van der Waals surface area contributed by atoms with Crippen molar-refractivity contribution in [2.45, 2.75) is 31.0 Å². The van der Waals surface area contributed by atoms with E-state index < -0.39 is 0 Å². The molecule has 0 aromatic rings.